The lowest BCUT2D eigenvalue weighted by atomic mass is 10.1. The zero-order valence-electron chi connectivity index (χ0n) is 15.0. The van der Waals surface area contributed by atoms with Gasteiger partial charge in [-0.1, -0.05) is 22.8 Å². The Morgan fingerprint density at radius 3 is 2.70 bits per heavy atom. The number of carbonyl (C=O) groups is 1. The van der Waals surface area contributed by atoms with Crippen LogP contribution in [0.4, 0.5) is 5.69 Å². The Bertz CT molecular complexity index is 987. The maximum Gasteiger partial charge on any atom is 0.232 e. The summed E-state index contributed by atoms with van der Waals surface area (Å²) in [5.74, 6) is 0.947. The van der Waals surface area contributed by atoms with Crippen LogP contribution in [0.3, 0.4) is 0 Å². The summed E-state index contributed by atoms with van der Waals surface area (Å²) in [4.78, 5) is 19.9. The molecule has 1 atom stereocenters. The van der Waals surface area contributed by atoms with E-state index in [9.17, 15) is 4.79 Å². The number of carbonyl (C=O) groups excluding carboxylic acids is 1. The first kappa shape index (κ1) is 18.1. The van der Waals surface area contributed by atoms with Crippen LogP contribution in [0.2, 0.25) is 5.02 Å². The van der Waals surface area contributed by atoms with Gasteiger partial charge in [0.15, 0.2) is 0 Å². The molecule has 0 aliphatic carbocycles. The summed E-state index contributed by atoms with van der Waals surface area (Å²) in [7, 11) is 0. The van der Waals surface area contributed by atoms with Gasteiger partial charge in [-0.05, 0) is 55.1 Å². The molecule has 2 aromatic carbocycles. The number of thioether (sulfide) groups is 1. The van der Waals surface area contributed by atoms with E-state index in [1.54, 1.807) is 16.7 Å². The summed E-state index contributed by atoms with van der Waals surface area (Å²) in [5.41, 5.74) is 2.68. The number of aryl methyl sites for hydroxylation is 1. The first-order valence-electron chi connectivity index (χ1n) is 8.59. The molecule has 27 heavy (non-hydrogen) atoms. The number of nitrogens with zero attached hydrogens (tertiary/aromatic N) is 3. The molecule has 1 aliphatic rings. The van der Waals surface area contributed by atoms with E-state index in [-0.39, 0.29) is 11.8 Å². The molecule has 2 heterocycles. The fourth-order valence-corrected chi connectivity index (χ4v) is 3.71. The topological polar surface area (TPSA) is 59.2 Å². The predicted octanol–water partition coefficient (Wildman–Crippen LogP) is 4.94. The molecule has 0 saturated carbocycles. The van der Waals surface area contributed by atoms with E-state index in [1.807, 2.05) is 55.6 Å². The molecule has 0 radical (unpaired) electrons. The Hall–Kier alpha value is -2.31. The van der Waals surface area contributed by atoms with Crippen molar-refractivity contribution in [3.05, 3.63) is 58.9 Å². The van der Waals surface area contributed by atoms with E-state index in [1.165, 1.54) is 4.90 Å². The molecule has 0 bridgehead atoms. The van der Waals surface area contributed by atoms with Crippen molar-refractivity contribution in [3.8, 4) is 11.4 Å². The van der Waals surface area contributed by atoms with Gasteiger partial charge < -0.3 is 9.42 Å². The van der Waals surface area contributed by atoms with E-state index in [0.29, 0.717) is 29.7 Å². The highest BCUT2D eigenvalue weighted by molar-refractivity contribution is 7.98. The fraction of sp³-hybridized carbons (Fsp3) is 0.250. The molecule has 4 rings (SSSR count). The monoisotopic (exact) mass is 399 g/mol. The van der Waals surface area contributed by atoms with Crippen LogP contribution >= 0.6 is 23.4 Å². The molecule has 138 valence electrons. The van der Waals surface area contributed by atoms with Gasteiger partial charge >= 0.3 is 0 Å². The molecule has 1 saturated heterocycles. The van der Waals surface area contributed by atoms with Crippen LogP contribution in [-0.4, -0.2) is 28.8 Å². The van der Waals surface area contributed by atoms with Crippen LogP contribution < -0.4 is 4.90 Å². The van der Waals surface area contributed by atoms with Crippen LogP contribution in [0.1, 0.15) is 23.8 Å². The molecule has 3 aromatic rings. The maximum atomic E-state index is 12.5. The number of benzene rings is 2. The SMILES string of the molecule is CSc1ccc(-c2noc(C3CC(=O)N(c4ccc(C)c(Cl)c4)C3)n2)cc1. The van der Waals surface area contributed by atoms with Gasteiger partial charge in [0.25, 0.3) is 0 Å². The van der Waals surface area contributed by atoms with Gasteiger partial charge in [0.1, 0.15) is 0 Å². The standard InChI is InChI=1S/C20H18ClN3O2S/c1-12-3-6-15(10-17(12)21)24-11-14(9-18(24)25)20-22-19(23-26-20)13-4-7-16(27-2)8-5-13/h3-8,10,14H,9,11H2,1-2H3. The van der Waals surface area contributed by atoms with Crippen molar-refractivity contribution in [1.82, 2.24) is 10.1 Å². The number of rotatable bonds is 4. The Morgan fingerprint density at radius 2 is 2.00 bits per heavy atom. The van der Waals surface area contributed by atoms with Gasteiger partial charge in [0, 0.05) is 34.1 Å². The fourth-order valence-electron chi connectivity index (χ4n) is 3.13. The van der Waals surface area contributed by atoms with Crippen molar-refractivity contribution in [2.24, 2.45) is 0 Å². The van der Waals surface area contributed by atoms with Crippen LogP contribution in [0, 0.1) is 6.92 Å². The molecular weight excluding hydrogens is 382 g/mol. The van der Waals surface area contributed by atoms with Gasteiger partial charge in [-0.2, -0.15) is 4.98 Å². The first-order chi connectivity index (χ1) is 13.0. The van der Waals surface area contributed by atoms with Crippen molar-refractivity contribution in [2.45, 2.75) is 24.2 Å². The van der Waals surface area contributed by atoms with Crippen molar-refractivity contribution in [3.63, 3.8) is 0 Å². The van der Waals surface area contributed by atoms with Gasteiger partial charge in [0.2, 0.25) is 17.6 Å². The smallest absolute Gasteiger partial charge is 0.232 e. The average Bonchev–Trinajstić information content (AvgIpc) is 3.31. The molecular formula is C20H18ClN3O2S. The number of hydrogen-bond donors (Lipinski definition) is 0. The van der Waals surface area contributed by atoms with E-state index in [2.05, 4.69) is 10.1 Å². The quantitative estimate of drug-likeness (QED) is 0.581. The Kier molecular flexibility index (Phi) is 4.93. The molecule has 0 spiro atoms. The van der Waals surface area contributed by atoms with E-state index in [4.69, 9.17) is 16.1 Å². The highest BCUT2D eigenvalue weighted by Crippen LogP contribution is 2.33. The van der Waals surface area contributed by atoms with Gasteiger partial charge in [0.05, 0.1) is 5.92 Å². The molecule has 1 aliphatic heterocycles. The highest BCUT2D eigenvalue weighted by atomic mass is 35.5. The lowest BCUT2D eigenvalue weighted by Gasteiger charge is -2.17. The second-order valence-corrected chi connectivity index (χ2v) is 7.81. The van der Waals surface area contributed by atoms with Crippen molar-refractivity contribution in [1.29, 1.82) is 0 Å². The average molecular weight is 400 g/mol. The lowest BCUT2D eigenvalue weighted by molar-refractivity contribution is -0.117. The summed E-state index contributed by atoms with van der Waals surface area (Å²) in [6.07, 6.45) is 2.38. The van der Waals surface area contributed by atoms with Crippen LogP contribution in [0.15, 0.2) is 51.9 Å². The largest absolute Gasteiger partial charge is 0.339 e. The van der Waals surface area contributed by atoms with Gasteiger partial charge in [-0.3, -0.25) is 4.79 Å². The molecule has 1 amide bonds. The van der Waals surface area contributed by atoms with Crippen LogP contribution in [0.5, 0.6) is 0 Å². The molecule has 1 fully saturated rings. The Morgan fingerprint density at radius 1 is 1.22 bits per heavy atom. The summed E-state index contributed by atoms with van der Waals surface area (Å²) < 4.78 is 5.46. The molecule has 5 nitrogen and oxygen atoms in total. The van der Waals surface area contributed by atoms with Crippen molar-refractivity contribution < 1.29 is 9.32 Å². The van der Waals surface area contributed by atoms with Gasteiger partial charge in [-0.15, -0.1) is 11.8 Å². The second-order valence-electron chi connectivity index (χ2n) is 6.52. The highest BCUT2D eigenvalue weighted by Gasteiger charge is 2.35. The molecule has 0 N–H and O–H groups in total. The van der Waals surface area contributed by atoms with Gasteiger partial charge in [-0.25, -0.2) is 0 Å². The van der Waals surface area contributed by atoms with Crippen LogP contribution in [0.25, 0.3) is 11.4 Å². The summed E-state index contributed by atoms with van der Waals surface area (Å²) in [6, 6.07) is 13.6. The van der Waals surface area contributed by atoms with E-state index in [0.717, 1.165) is 16.8 Å². The second kappa shape index (κ2) is 7.37. The third-order valence-corrected chi connectivity index (χ3v) is 5.88. The molecule has 1 aromatic heterocycles. The van der Waals surface area contributed by atoms with Crippen LogP contribution in [-0.2, 0) is 4.79 Å². The number of halogens is 1. The number of hydrogen-bond acceptors (Lipinski definition) is 5. The first-order valence-corrected chi connectivity index (χ1v) is 10.2. The zero-order valence-corrected chi connectivity index (χ0v) is 16.5. The van der Waals surface area contributed by atoms with E-state index >= 15 is 0 Å². The van der Waals surface area contributed by atoms with Crippen molar-refractivity contribution in [2.75, 3.05) is 17.7 Å². The van der Waals surface area contributed by atoms with Crippen molar-refractivity contribution >= 4 is 35.0 Å². The number of amides is 1. The maximum absolute atomic E-state index is 12.5. The molecule has 7 heteroatoms. The minimum atomic E-state index is -0.121. The summed E-state index contributed by atoms with van der Waals surface area (Å²) in [5, 5.41) is 4.74. The minimum Gasteiger partial charge on any atom is -0.339 e. The Labute approximate surface area is 166 Å². The normalized spacial score (nSPS) is 16.9. The Balaban J connectivity index is 1.53. The third-order valence-electron chi connectivity index (χ3n) is 4.73. The summed E-state index contributed by atoms with van der Waals surface area (Å²) >= 11 is 7.89. The zero-order chi connectivity index (χ0) is 19.0. The minimum absolute atomic E-state index is 0.0315. The van der Waals surface area contributed by atoms with E-state index < -0.39 is 0 Å². The number of anilines is 1. The number of aromatic nitrogens is 2. The predicted molar refractivity (Wildman–Crippen MR) is 107 cm³/mol. The lowest BCUT2D eigenvalue weighted by Crippen LogP contribution is -2.24. The summed E-state index contributed by atoms with van der Waals surface area (Å²) in [6.45, 7) is 2.44. The molecule has 1 unspecified atom stereocenters. The third kappa shape index (κ3) is 3.59.